The van der Waals surface area contributed by atoms with Crippen molar-refractivity contribution >= 4 is 5.91 Å². The molecule has 104 valence electrons. The zero-order chi connectivity index (χ0) is 13.8. The number of nitrogens with two attached hydrogens (primary N) is 1. The van der Waals surface area contributed by atoms with Gasteiger partial charge in [-0.15, -0.1) is 0 Å². The molecule has 0 saturated heterocycles. The van der Waals surface area contributed by atoms with E-state index in [2.05, 4.69) is 5.32 Å². The fraction of sp³-hybridized carbons (Fsp3) is 0.500. The van der Waals surface area contributed by atoms with Gasteiger partial charge in [0.05, 0.1) is 6.04 Å². The van der Waals surface area contributed by atoms with E-state index < -0.39 is 0 Å². The maximum absolute atomic E-state index is 11.8. The van der Waals surface area contributed by atoms with Gasteiger partial charge in [-0.3, -0.25) is 4.79 Å². The summed E-state index contributed by atoms with van der Waals surface area (Å²) in [6.07, 6.45) is 0. The summed E-state index contributed by atoms with van der Waals surface area (Å²) < 4.78 is 11.0. The molecular formula is C14H20N2O3. The molecule has 1 aromatic carbocycles. The maximum Gasteiger partial charge on any atom is 0.224 e. The summed E-state index contributed by atoms with van der Waals surface area (Å²) in [7, 11) is 0. The summed E-state index contributed by atoms with van der Waals surface area (Å²) in [4.78, 5) is 11.8. The van der Waals surface area contributed by atoms with Crippen LogP contribution in [0.1, 0.15) is 25.5 Å². The first-order chi connectivity index (χ1) is 9.11. The highest BCUT2D eigenvalue weighted by Gasteiger charge is 2.17. The summed E-state index contributed by atoms with van der Waals surface area (Å²) in [6, 6.07) is 5.63. The number of carbonyl (C=O) groups is 1. The van der Waals surface area contributed by atoms with Crippen molar-refractivity contribution in [1.29, 1.82) is 0 Å². The Bertz CT molecular complexity index is 462. The summed E-state index contributed by atoms with van der Waals surface area (Å²) in [5, 5.41) is 2.94. The smallest absolute Gasteiger partial charge is 0.224 e. The van der Waals surface area contributed by atoms with Gasteiger partial charge in [0.25, 0.3) is 0 Å². The molecule has 2 rings (SSSR count). The second-order valence-corrected chi connectivity index (χ2v) is 4.77. The molecule has 1 aromatic rings. The average Bonchev–Trinajstić information content (AvgIpc) is 2.45. The van der Waals surface area contributed by atoms with Gasteiger partial charge in [-0.05, 0) is 24.6 Å². The molecule has 0 aromatic heterocycles. The number of amides is 1. The van der Waals surface area contributed by atoms with Crippen molar-refractivity contribution in [3.63, 3.8) is 0 Å². The monoisotopic (exact) mass is 264 g/mol. The standard InChI is InChI=1S/C14H20N2O3/c1-9(8-15)14(17)16-10(2)11-3-4-12-13(7-11)19-6-5-18-12/h3-4,7,9-10H,5-6,8,15H2,1-2H3,(H,16,17). The molecule has 2 atom stereocenters. The zero-order valence-corrected chi connectivity index (χ0v) is 11.3. The van der Waals surface area contributed by atoms with E-state index in [1.165, 1.54) is 0 Å². The van der Waals surface area contributed by atoms with Crippen molar-refractivity contribution in [3.8, 4) is 11.5 Å². The SMILES string of the molecule is CC(CN)C(=O)NC(C)c1ccc2c(c1)OCCO2. The summed E-state index contributed by atoms with van der Waals surface area (Å²) in [5.41, 5.74) is 6.47. The molecule has 5 nitrogen and oxygen atoms in total. The predicted octanol–water partition coefficient (Wildman–Crippen LogP) is 1.23. The number of hydrogen-bond donors (Lipinski definition) is 2. The van der Waals surface area contributed by atoms with Gasteiger partial charge in [0.1, 0.15) is 13.2 Å². The number of nitrogens with one attached hydrogen (secondary N) is 1. The van der Waals surface area contributed by atoms with E-state index in [1.54, 1.807) is 0 Å². The van der Waals surface area contributed by atoms with Crippen LogP contribution in [0, 0.1) is 5.92 Å². The maximum atomic E-state index is 11.8. The number of ether oxygens (including phenoxy) is 2. The van der Waals surface area contributed by atoms with Gasteiger partial charge in [0, 0.05) is 12.5 Å². The molecule has 1 aliphatic rings. The van der Waals surface area contributed by atoms with Crippen molar-refractivity contribution in [2.45, 2.75) is 19.9 Å². The molecule has 2 unspecified atom stereocenters. The Hall–Kier alpha value is -1.75. The molecule has 0 bridgehead atoms. The number of rotatable bonds is 4. The third kappa shape index (κ3) is 3.17. The minimum Gasteiger partial charge on any atom is -0.486 e. The Morgan fingerprint density at radius 2 is 2.00 bits per heavy atom. The molecule has 0 saturated carbocycles. The number of carbonyl (C=O) groups excluding carboxylic acids is 1. The molecule has 19 heavy (non-hydrogen) atoms. The highest BCUT2D eigenvalue weighted by Crippen LogP contribution is 2.32. The largest absolute Gasteiger partial charge is 0.486 e. The van der Waals surface area contributed by atoms with Crippen molar-refractivity contribution in [3.05, 3.63) is 23.8 Å². The molecular weight excluding hydrogens is 244 g/mol. The van der Waals surface area contributed by atoms with Crippen LogP contribution in [0.2, 0.25) is 0 Å². The van der Waals surface area contributed by atoms with Gasteiger partial charge in [0.2, 0.25) is 5.91 Å². The topological polar surface area (TPSA) is 73.6 Å². The van der Waals surface area contributed by atoms with E-state index in [4.69, 9.17) is 15.2 Å². The quantitative estimate of drug-likeness (QED) is 0.858. The van der Waals surface area contributed by atoms with E-state index >= 15 is 0 Å². The first kappa shape index (κ1) is 13.7. The minimum absolute atomic E-state index is 0.0371. The molecule has 0 aliphatic carbocycles. The van der Waals surface area contributed by atoms with Crippen LogP contribution in [0.4, 0.5) is 0 Å². The van der Waals surface area contributed by atoms with Crippen LogP contribution in [-0.4, -0.2) is 25.7 Å². The van der Waals surface area contributed by atoms with E-state index in [1.807, 2.05) is 32.0 Å². The van der Waals surface area contributed by atoms with Gasteiger partial charge < -0.3 is 20.5 Å². The Kier molecular flexibility index (Phi) is 4.27. The Morgan fingerprint density at radius 1 is 1.32 bits per heavy atom. The number of hydrogen-bond acceptors (Lipinski definition) is 4. The van der Waals surface area contributed by atoms with Crippen molar-refractivity contribution < 1.29 is 14.3 Å². The van der Waals surface area contributed by atoms with Crippen LogP contribution in [0.15, 0.2) is 18.2 Å². The van der Waals surface area contributed by atoms with Crippen LogP contribution in [0.3, 0.4) is 0 Å². The van der Waals surface area contributed by atoms with E-state index in [0.717, 1.165) is 17.1 Å². The zero-order valence-electron chi connectivity index (χ0n) is 11.3. The van der Waals surface area contributed by atoms with Gasteiger partial charge >= 0.3 is 0 Å². The third-order valence-electron chi connectivity index (χ3n) is 3.23. The van der Waals surface area contributed by atoms with E-state index in [9.17, 15) is 4.79 Å². The molecule has 5 heteroatoms. The predicted molar refractivity (Wildman–Crippen MR) is 72.2 cm³/mol. The second kappa shape index (κ2) is 5.93. The first-order valence-electron chi connectivity index (χ1n) is 6.51. The summed E-state index contributed by atoms with van der Waals surface area (Å²) in [5.74, 6) is 1.27. The molecule has 0 fully saturated rings. The molecule has 0 spiro atoms. The molecule has 0 radical (unpaired) electrons. The first-order valence-corrected chi connectivity index (χ1v) is 6.51. The lowest BCUT2D eigenvalue weighted by atomic mass is 10.1. The number of fused-ring (bicyclic) bond motifs is 1. The van der Waals surface area contributed by atoms with E-state index in [0.29, 0.717) is 19.8 Å². The lowest BCUT2D eigenvalue weighted by molar-refractivity contribution is -0.124. The van der Waals surface area contributed by atoms with Crippen LogP contribution in [0.5, 0.6) is 11.5 Å². The minimum atomic E-state index is -0.181. The molecule has 1 aliphatic heterocycles. The van der Waals surface area contributed by atoms with Gasteiger partial charge in [0.15, 0.2) is 11.5 Å². The lowest BCUT2D eigenvalue weighted by Crippen LogP contribution is -2.34. The van der Waals surface area contributed by atoms with Crippen LogP contribution < -0.4 is 20.5 Å². The van der Waals surface area contributed by atoms with Gasteiger partial charge in [-0.1, -0.05) is 13.0 Å². The fourth-order valence-corrected chi connectivity index (χ4v) is 1.88. The number of benzene rings is 1. The van der Waals surface area contributed by atoms with Gasteiger partial charge in [-0.2, -0.15) is 0 Å². The average molecular weight is 264 g/mol. The van der Waals surface area contributed by atoms with Crippen LogP contribution in [0.25, 0.3) is 0 Å². The van der Waals surface area contributed by atoms with Gasteiger partial charge in [-0.25, -0.2) is 0 Å². The Morgan fingerprint density at radius 3 is 2.68 bits per heavy atom. The van der Waals surface area contributed by atoms with Crippen molar-refractivity contribution in [2.75, 3.05) is 19.8 Å². The fourth-order valence-electron chi connectivity index (χ4n) is 1.88. The molecule has 3 N–H and O–H groups in total. The van der Waals surface area contributed by atoms with Crippen molar-refractivity contribution in [2.24, 2.45) is 11.7 Å². The van der Waals surface area contributed by atoms with Crippen LogP contribution >= 0.6 is 0 Å². The summed E-state index contributed by atoms with van der Waals surface area (Å²) in [6.45, 7) is 5.23. The molecule has 1 amide bonds. The Balaban J connectivity index is 2.07. The highest BCUT2D eigenvalue weighted by atomic mass is 16.6. The van der Waals surface area contributed by atoms with E-state index in [-0.39, 0.29) is 17.9 Å². The highest BCUT2D eigenvalue weighted by molar-refractivity contribution is 5.78. The third-order valence-corrected chi connectivity index (χ3v) is 3.23. The van der Waals surface area contributed by atoms with Crippen LogP contribution in [-0.2, 0) is 4.79 Å². The lowest BCUT2D eigenvalue weighted by Gasteiger charge is -2.21. The Labute approximate surface area is 113 Å². The normalized spacial score (nSPS) is 16.6. The van der Waals surface area contributed by atoms with Crippen molar-refractivity contribution in [1.82, 2.24) is 5.32 Å². The summed E-state index contributed by atoms with van der Waals surface area (Å²) >= 11 is 0. The molecule has 1 heterocycles. The second-order valence-electron chi connectivity index (χ2n) is 4.77.